The lowest BCUT2D eigenvalue weighted by molar-refractivity contribution is 0.576. The molecule has 0 amide bonds. The van der Waals surface area contributed by atoms with Gasteiger partial charge in [0.05, 0.1) is 16.9 Å². The van der Waals surface area contributed by atoms with Crippen molar-refractivity contribution in [3.8, 4) is 5.82 Å². The van der Waals surface area contributed by atoms with Crippen LogP contribution in [0.3, 0.4) is 0 Å². The van der Waals surface area contributed by atoms with Gasteiger partial charge in [0, 0.05) is 18.3 Å². The second kappa shape index (κ2) is 4.81. The van der Waals surface area contributed by atoms with Gasteiger partial charge in [0.2, 0.25) is 0 Å². The van der Waals surface area contributed by atoms with E-state index in [1.165, 1.54) is 4.68 Å². The predicted molar refractivity (Wildman–Crippen MR) is 63.8 cm³/mol. The molecule has 1 N–H and O–H groups in total. The van der Waals surface area contributed by atoms with Crippen molar-refractivity contribution in [2.24, 2.45) is 0 Å². The molecule has 0 unspecified atom stereocenters. The molecule has 0 saturated carbocycles. The molecule has 2 rings (SSSR count). The second-order valence-electron chi connectivity index (χ2n) is 3.65. The summed E-state index contributed by atoms with van der Waals surface area (Å²) in [6.07, 6.45) is 3.10. The Bertz CT molecular complexity index is 519. The number of halogens is 2. The highest BCUT2D eigenvalue weighted by Crippen LogP contribution is 2.18. The van der Waals surface area contributed by atoms with E-state index in [0.29, 0.717) is 22.8 Å². The molecule has 6 heteroatoms. The fraction of sp³-hybridized carbons (Fsp3) is 0.273. The van der Waals surface area contributed by atoms with Gasteiger partial charge in [0.25, 0.3) is 0 Å². The van der Waals surface area contributed by atoms with Gasteiger partial charge in [-0.05, 0) is 20.0 Å². The number of aryl methyl sites for hydroxylation is 1. The Morgan fingerprint density at radius 1 is 1.53 bits per heavy atom. The molecule has 2 heterocycles. The number of pyridine rings is 1. The summed E-state index contributed by atoms with van der Waals surface area (Å²) in [6, 6.07) is 1.63. The number of nitrogens with zero attached hydrogens (tertiary/aromatic N) is 3. The van der Waals surface area contributed by atoms with Crippen LogP contribution < -0.4 is 5.32 Å². The quantitative estimate of drug-likeness (QED) is 0.912. The van der Waals surface area contributed by atoms with Crippen LogP contribution in [0.5, 0.6) is 0 Å². The number of nitrogens with one attached hydrogen (secondary N) is 1. The lowest BCUT2D eigenvalue weighted by atomic mass is 10.2. The Hall–Kier alpha value is -1.46. The second-order valence-corrected chi connectivity index (χ2v) is 4.05. The van der Waals surface area contributed by atoms with Gasteiger partial charge >= 0.3 is 0 Å². The SMILES string of the molecule is CNCc1ccnc(-n2cc(Cl)c(C)n2)c1F. The summed E-state index contributed by atoms with van der Waals surface area (Å²) >= 11 is 5.89. The normalized spacial score (nSPS) is 10.8. The van der Waals surface area contributed by atoms with E-state index in [9.17, 15) is 4.39 Å². The molecule has 0 aliphatic rings. The molecule has 0 aliphatic heterocycles. The minimum atomic E-state index is -0.388. The van der Waals surface area contributed by atoms with E-state index >= 15 is 0 Å². The molecule has 2 aromatic rings. The summed E-state index contributed by atoms with van der Waals surface area (Å²) in [7, 11) is 1.76. The largest absolute Gasteiger partial charge is 0.316 e. The first-order valence-electron chi connectivity index (χ1n) is 5.13. The van der Waals surface area contributed by atoms with Crippen LogP contribution in [0.2, 0.25) is 5.02 Å². The van der Waals surface area contributed by atoms with Crippen LogP contribution in [0.25, 0.3) is 5.82 Å². The van der Waals surface area contributed by atoms with Crippen molar-refractivity contribution >= 4 is 11.6 Å². The van der Waals surface area contributed by atoms with Crippen molar-refractivity contribution in [3.63, 3.8) is 0 Å². The molecule has 0 aliphatic carbocycles. The van der Waals surface area contributed by atoms with Crippen LogP contribution in [0, 0.1) is 12.7 Å². The molecule has 0 saturated heterocycles. The highest BCUT2D eigenvalue weighted by atomic mass is 35.5. The van der Waals surface area contributed by atoms with Gasteiger partial charge in [0.1, 0.15) is 0 Å². The molecular formula is C11H12ClFN4. The zero-order valence-electron chi connectivity index (χ0n) is 9.54. The zero-order valence-corrected chi connectivity index (χ0v) is 10.3. The van der Waals surface area contributed by atoms with Crippen LogP contribution >= 0.6 is 11.6 Å². The third kappa shape index (κ3) is 2.30. The highest BCUT2D eigenvalue weighted by Gasteiger charge is 2.13. The summed E-state index contributed by atoms with van der Waals surface area (Å²) in [5, 5.41) is 7.49. The number of aromatic nitrogens is 3. The van der Waals surface area contributed by atoms with Gasteiger partial charge in [0.15, 0.2) is 11.6 Å². The van der Waals surface area contributed by atoms with E-state index in [1.54, 1.807) is 32.4 Å². The van der Waals surface area contributed by atoms with Crippen LogP contribution in [0.15, 0.2) is 18.5 Å². The fourth-order valence-electron chi connectivity index (χ4n) is 1.51. The monoisotopic (exact) mass is 254 g/mol. The van der Waals surface area contributed by atoms with Crippen LogP contribution in [-0.2, 0) is 6.54 Å². The average Bonchev–Trinajstić information content (AvgIpc) is 2.62. The van der Waals surface area contributed by atoms with Crippen molar-refractivity contribution in [1.82, 2.24) is 20.1 Å². The Kier molecular flexibility index (Phi) is 3.40. The van der Waals surface area contributed by atoms with Gasteiger partial charge in [-0.2, -0.15) is 5.10 Å². The lowest BCUT2D eigenvalue weighted by Gasteiger charge is -2.06. The molecule has 0 aromatic carbocycles. The van der Waals surface area contributed by atoms with E-state index in [2.05, 4.69) is 15.4 Å². The maximum absolute atomic E-state index is 14.1. The summed E-state index contributed by atoms with van der Waals surface area (Å²) < 4.78 is 15.4. The molecule has 0 spiro atoms. The van der Waals surface area contributed by atoms with Crippen LogP contribution in [0.1, 0.15) is 11.3 Å². The van der Waals surface area contributed by atoms with Crippen molar-refractivity contribution in [1.29, 1.82) is 0 Å². The summed E-state index contributed by atoms with van der Waals surface area (Å²) in [4.78, 5) is 3.98. The minimum Gasteiger partial charge on any atom is -0.316 e. The van der Waals surface area contributed by atoms with Crippen LogP contribution in [-0.4, -0.2) is 21.8 Å². The van der Waals surface area contributed by atoms with Gasteiger partial charge in [-0.3, -0.25) is 0 Å². The average molecular weight is 255 g/mol. The lowest BCUT2D eigenvalue weighted by Crippen LogP contribution is -2.10. The number of hydrogen-bond acceptors (Lipinski definition) is 3. The first-order chi connectivity index (χ1) is 8.13. The molecule has 0 bridgehead atoms. The van der Waals surface area contributed by atoms with E-state index in [1.807, 2.05) is 0 Å². The van der Waals surface area contributed by atoms with Gasteiger partial charge in [-0.1, -0.05) is 11.6 Å². The van der Waals surface area contributed by atoms with E-state index in [4.69, 9.17) is 11.6 Å². The van der Waals surface area contributed by atoms with Crippen molar-refractivity contribution in [2.45, 2.75) is 13.5 Å². The van der Waals surface area contributed by atoms with E-state index in [0.717, 1.165) is 0 Å². The third-order valence-corrected chi connectivity index (χ3v) is 2.75. The molecule has 4 nitrogen and oxygen atoms in total. The van der Waals surface area contributed by atoms with Gasteiger partial charge < -0.3 is 5.32 Å². The molecule has 90 valence electrons. The van der Waals surface area contributed by atoms with Gasteiger partial charge in [-0.25, -0.2) is 14.1 Å². The van der Waals surface area contributed by atoms with Crippen molar-refractivity contribution in [3.05, 3.63) is 40.6 Å². The maximum atomic E-state index is 14.1. The third-order valence-electron chi connectivity index (χ3n) is 2.37. The topological polar surface area (TPSA) is 42.7 Å². The molecule has 0 atom stereocenters. The van der Waals surface area contributed by atoms with Crippen LogP contribution in [0.4, 0.5) is 4.39 Å². The highest BCUT2D eigenvalue weighted by molar-refractivity contribution is 6.31. The van der Waals surface area contributed by atoms with Crippen molar-refractivity contribution < 1.29 is 4.39 Å². The summed E-state index contributed by atoms with van der Waals surface area (Å²) in [6.45, 7) is 2.20. The smallest absolute Gasteiger partial charge is 0.190 e. The number of hydrogen-bond donors (Lipinski definition) is 1. The number of rotatable bonds is 3. The predicted octanol–water partition coefficient (Wildman–Crippen LogP) is 2.09. The van der Waals surface area contributed by atoms with Crippen molar-refractivity contribution in [2.75, 3.05) is 7.05 Å². The fourth-order valence-corrected chi connectivity index (χ4v) is 1.64. The molecular weight excluding hydrogens is 243 g/mol. The standard InChI is InChI=1S/C11H12ClFN4/c1-7-9(12)6-17(16-7)11-10(13)8(5-14-2)3-4-15-11/h3-4,6,14H,5H2,1-2H3. The van der Waals surface area contributed by atoms with Gasteiger partial charge in [-0.15, -0.1) is 0 Å². The first-order valence-corrected chi connectivity index (χ1v) is 5.51. The van der Waals surface area contributed by atoms with E-state index in [-0.39, 0.29) is 11.6 Å². The Balaban J connectivity index is 2.48. The summed E-state index contributed by atoms with van der Waals surface area (Å²) in [5.41, 5.74) is 1.19. The molecule has 0 radical (unpaired) electrons. The summed E-state index contributed by atoms with van der Waals surface area (Å²) in [5.74, 6) is -0.228. The zero-order chi connectivity index (χ0) is 12.4. The Morgan fingerprint density at radius 3 is 2.88 bits per heavy atom. The molecule has 0 fully saturated rings. The minimum absolute atomic E-state index is 0.160. The molecule has 2 aromatic heterocycles. The Labute approximate surface area is 103 Å². The van der Waals surface area contributed by atoms with E-state index < -0.39 is 0 Å². The first kappa shape index (κ1) is 12.0. The Morgan fingerprint density at radius 2 is 2.29 bits per heavy atom. The molecule has 17 heavy (non-hydrogen) atoms. The maximum Gasteiger partial charge on any atom is 0.190 e.